The lowest BCUT2D eigenvalue weighted by Crippen LogP contribution is -2.49. The molecule has 2 atom stereocenters. The zero-order valence-electron chi connectivity index (χ0n) is 8.95. The third kappa shape index (κ3) is 1.88. The topological polar surface area (TPSA) is 77.8 Å². The molecule has 0 spiro atoms. The molecule has 17 heavy (non-hydrogen) atoms. The van der Waals surface area contributed by atoms with Crippen molar-refractivity contribution >= 4 is 11.5 Å². The molecule has 4 nitrogen and oxygen atoms in total. The number of aliphatic hydroxyl groups excluding tert-OH is 1. The van der Waals surface area contributed by atoms with Crippen LogP contribution in [-0.2, 0) is 4.79 Å². The van der Waals surface area contributed by atoms with E-state index >= 15 is 0 Å². The summed E-state index contributed by atoms with van der Waals surface area (Å²) in [6, 6.07) is 8.87. The third-order valence-electron chi connectivity index (χ3n) is 2.79. The molecule has 0 fully saturated rings. The van der Waals surface area contributed by atoms with Crippen LogP contribution in [0.2, 0.25) is 0 Å². The molecule has 1 aliphatic carbocycles. The van der Waals surface area contributed by atoms with Gasteiger partial charge >= 0.3 is 5.97 Å². The van der Waals surface area contributed by atoms with Crippen LogP contribution in [0.1, 0.15) is 5.56 Å². The molecule has 0 aromatic heterocycles. The van der Waals surface area contributed by atoms with Gasteiger partial charge in [0.15, 0.2) is 0 Å². The van der Waals surface area contributed by atoms with Gasteiger partial charge in [-0.2, -0.15) is 0 Å². The van der Waals surface area contributed by atoms with Gasteiger partial charge in [-0.3, -0.25) is 0 Å². The van der Waals surface area contributed by atoms with Gasteiger partial charge in [0.2, 0.25) is 5.60 Å². The number of benzene rings is 1. The summed E-state index contributed by atoms with van der Waals surface area (Å²) in [5.74, 6) is -1.47. The minimum atomic E-state index is -2.26. The van der Waals surface area contributed by atoms with E-state index < -0.39 is 17.7 Å². The standard InChI is InChI=1S/C13H12O4/c14-11-10(9-5-2-1-3-6-9)7-4-8-13(11,17)12(15)16/h1-8,11,14,17H,(H,15,16). The molecule has 1 aromatic carbocycles. The minimum Gasteiger partial charge on any atom is -0.479 e. The number of aliphatic carboxylic acids is 1. The summed E-state index contributed by atoms with van der Waals surface area (Å²) in [6.07, 6.45) is 2.62. The first kappa shape index (κ1) is 11.6. The second kappa shape index (κ2) is 4.16. The number of carboxylic acids is 1. The number of rotatable bonds is 2. The molecular formula is C13H12O4. The fourth-order valence-electron chi connectivity index (χ4n) is 1.79. The van der Waals surface area contributed by atoms with E-state index in [-0.39, 0.29) is 0 Å². The van der Waals surface area contributed by atoms with Crippen LogP contribution < -0.4 is 0 Å². The smallest absolute Gasteiger partial charge is 0.342 e. The summed E-state index contributed by atoms with van der Waals surface area (Å²) < 4.78 is 0. The average molecular weight is 232 g/mol. The molecule has 88 valence electrons. The van der Waals surface area contributed by atoms with Crippen LogP contribution in [0.5, 0.6) is 0 Å². The van der Waals surface area contributed by atoms with Gasteiger partial charge in [0.25, 0.3) is 0 Å². The molecule has 2 rings (SSSR count). The van der Waals surface area contributed by atoms with E-state index in [4.69, 9.17) is 5.11 Å². The van der Waals surface area contributed by atoms with Gasteiger partial charge in [0, 0.05) is 0 Å². The van der Waals surface area contributed by atoms with E-state index in [1.807, 2.05) is 6.07 Å². The maximum atomic E-state index is 11.0. The normalized spacial score (nSPS) is 27.6. The van der Waals surface area contributed by atoms with Gasteiger partial charge in [0.1, 0.15) is 6.10 Å². The van der Waals surface area contributed by atoms with E-state index in [0.717, 1.165) is 6.08 Å². The number of carboxylic acid groups (broad SMARTS) is 1. The highest BCUT2D eigenvalue weighted by Crippen LogP contribution is 2.30. The van der Waals surface area contributed by atoms with Crippen molar-refractivity contribution in [1.29, 1.82) is 0 Å². The molecule has 0 radical (unpaired) electrons. The van der Waals surface area contributed by atoms with Crippen molar-refractivity contribution in [3.63, 3.8) is 0 Å². The Labute approximate surface area is 98.1 Å². The Hall–Kier alpha value is -1.91. The van der Waals surface area contributed by atoms with Crippen molar-refractivity contribution in [2.45, 2.75) is 11.7 Å². The quantitative estimate of drug-likeness (QED) is 0.705. The molecule has 1 aliphatic rings. The van der Waals surface area contributed by atoms with E-state index in [0.29, 0.717) is 11.1 Å². The Kier molecular flexibility index (Phi) is 2.83. The Morgan fingerprint density at radius 1 is 1.24 bits per heavy atom. The maximum absolute atomic E-state index is 11.0. The predicted octanol–water partition coefficient (Wildman–Crippen LogP) is 0.816. The molecule has 3 N–H and O–H groups in total. The minimum absolute atomic E-state index is 0.387. The zero-order chi connectivity index (χ0) is 12.5. The molecule has 0 amide bonds. The van der Waals surface area contributed by atoms with E-state index in [1.165, 1.54) is 6.08 Å². The largest absolute Gasteiger partial charge is 0.479 e. The third-order valence-corrected chi connectivity index (χ3v) is 2.79. The summed E-state index contributed by atoms with van der Waals surface area (Å²) in [5, 5.41) is 28.8. The Bertz CT molecular complexity index is 489. The lowest BCUT2D eigenvalue weighted by Gasteiger charge is -2.30. The van der Waals surface area contributed by atoms with Gasteiger partial charge in [-0.15, -0.1) is 0 Å². The highest BCUT2D eigenvalue weighted by Gasteiger charge is 2.44. The van der Waals surface area contributed by atoms with Crippen molar-refractivity contribution in [3.05, 3.63) is 54.1 Å². The van der Waals surface area contributed by atoms with Crippen LogP contribution in [0.15, 0.2) is 48.6 Å². The lowest BCUT2D eigenvalue weighted by atomic mass is 9.83. The second-order valence-electron chi connectivity index (χ2n) is 3.88. The highest BCUT2D eigenvalue weighted by molar-refractivity contribution is 5.88. The zero-order valence-corrected chi connectivity index (χ0v) is 8.95. The SMILES string of the molecule is O=C(O)C1(O)C=CC=C(c2ccccc2)C1O. The fraction of sp³-hybridized carbons (Fsp3) is 0.154. The molecular weight excluding hydrogens is 220 g/mol. The number of aliphatic hydroxyl groups is 2. The van der Waals surface area contributed by atoms with E-state index in [2.05, 4.69) is 0 Å². The van der Waals surface area contributed by atoms with Crippen LogP contribution in [0.4, 0.5) is 0 Å². The molecule has 0 heterocycles. The summed E-state index contributed by atoms with van der Waals surface area (Å²) in [7, 11) is 0. The van der Waals surface area contributed by atoms with Crippen LogP contribution in [0, 0.1) is 0 Å². The maximum Gasteiger partial charge on any atom is 0.342 e. The first-order valence-electron chi connectivity index (χ1n) is 5.14. The van der Waals surface area contributed by atoms with Gasteiger partial charge in [-0.1, -0.05) is 42.5 Å². The average Bonchev–Trinajstić information content (AvgIpc) is 2.33. The summed E-state index contributed by atoms with van der Waals surface area (Å²) in [6.45, 7) is 0. The molecule has 1 aromatic rings. The van der Waals surface area contributed by atoms with Crippen molar-refractivity contribution in [3.8, 4) is 0 Å². The van der Waals surface area contributed by atoms with Crippen molar-refractivity contribution in [2.75, 3.05) is 0 Å². The molecule has 0 saturated heterocycles. The predicted molar refractivity (Wildman–Crippen MR) is 62.2 cm³/mol. The van der Waals surface area contributed by atoms with Crippen molar-refractivity contribution in [2.24, 2.45) is 0 Å². The Balaban J connectivity index is 2.42. The molecule has 0 bridgehead atoms. The monoisotopic (exact) mass is 232 g/mol. The number of carbonyl (C=O) groups is 1. The number of allylic oxidation sites excluding steroid dienone is 2. The van der Waals surface area contributed by atoms with Gasteiger partial charge in [-0.25, -0.2) is 4.79 Å². The van der Waals surface area contributed by atoms with Crippen LogP contribution in [0.3, 0.4) is 0 Å². The van der Waals surface area contributed by atoms with Crippen LogP contribution in [0.25, 0.3) is 5.57 Å². The highest BCUT2D eigenvalue weighted by atomic mass is 16.4. The van der Waals surface area contributed by atoms with Crippen LogP contribution >= 0.6 is 0 Å². The lowest BCUT2D eigenvalue weighted by molar-refractivity contribution is -0.160. The van der Waals surface area contributed by atoms with E-state index in [1.54, 1.807) is 30.3 Å². The molecule has 0 aliphatic heterocycles. The van der Waals surface area contributed by atoms with Gasteiger partial charge in [0.05, 0.1) is 0 Å². The van der Waals surface area contributed by atoms with Crippen LogP contribution in [-0.4, -0.2) is 33.0 Å². The van der Waals surface area contributed by atoms with Crippen molar-refractivity contribution in [1.82, 2.24) is 0 Å². The molecule has 2 unspecified atom stereocenters. The Morgan fingerprint density at radius 2 is 1.88 bits per heavy atom. The fourth-order valence-corrected chi connectivity index (χ4v) is 1.79. The second-order valence-corrected chi connectivity index (χ2v) is 3.88. The summed E-state index contributed by atoms with van der Waals surface area (Å²) in [5.41, 5.74) is -1.19. The molecule has 4 heteroatoms. The number of hydrogen-bond acceptors (Lipinski definition) is 3. The summed E-state index contributed by atoms with van der Waals surface area (Å²) in [4.78, 5) is 11.0. The first-order chi connectivity index (χ1) is 8.05. The van der Waals surface area contributed by atoms with Gasteiger partial charge in [-0.05, 0) is 17.2 Å². The van der Waals surface area contributed by atoms with Gasteiger partial charge < -0.3 is 15.3 Å². The van der Waals surface area contributed by atoms with E-state index in [9.17, 15) is 15.0 Å². The Morgan fingerprint density at radius 3 is 2.47 bits per heavy atom. The van der Waals surface area contributed by atoms with Crippen molar-refractivity contribution < 1.29 is 20.1 Å². The molecule has 0 saturated carbocycles. The number of hydrogen-bond donors (Lipinski definition) is 3. The first-order valence-corrected chi connectivity index (χ1v) is 5.14. The summed E-state index contributed by atoms with van der Waals surface area (Å²) >= 11 is 0.